The predicted octanol–water partition coefficient (Wildman–Crippen LogP) is 3.63. The zero-order chi connectivity index (χ0) is 10.0. The van der Waals surface area contributed by atoms with Gasteiger partial charge < -0.3 is 0 Å². The van der Waals surface area contributed by atoms with E-state index < -0.39 is 5.38 Å². The fourth-order valence-corrected chi connectivity index (χ4v) is 1.86. The highest BCUT2D eigenvalue weighted by atomic mass is 79.9. The fourth-order valence-electron chi connectivity index (χ4n) is 1.08. The molecule has 0 aliphatic heterocycles. The van der Waals surface area contributed by atoms with Gasteiger partial charge in [0.1, 0.15) is 5.38 Å². The largest absolute Gasteiger partial charge is 0.298 e. The molecule has 0 aliphatic carbocycles. The Morgan fingerprint density at radius 3 is 2.69 bits per heavy atom. The third-order valence-corrected chi connectivity index (χ3v) is 3.05. The van der Waals surface area contributed by atoms with Crippen LogP contribution in [0.25, 0.3) is 0 Å². The first-order chi connectivity index (χ1) is 6.02. The maximum atomic E-state index is 11.1. The van der Waals surface area contributed by atoms with Gasteiger partial charge in [-0.15, -0.1) is 11.6 Å². The molecule has 0 N–H and O–H groups in total. The highest BCUT2D eigenvalue weighted by Crippen LogP contribution is 2.29. The van der Waals surface area contributed by atoms with Gasteiger partial charge in [0.15, 0.2) is 5.78 Å². The monoisotopic (exact) mass is 260 g/mol. The van der Waals surface area contributed by atoms with E-state index in [9.17, 15) is 4.79 Å². The molecule has 0 saturated carbocycles. The molecule has 1 nitrogen and oxygen atoms in total. The second kappa shape index (κ2) is 4.25. The van der Waals surface area contributed by atoms with Gasteiger partial charge in [-0.1, -0.05) is 33.6 Å². The van der Waals surface area contributed by atoms with Gasteiger partial charge in [-0.2, -0.15) is 0 Å². The minimum Gasteiger partial charge on any atom is -0.298 e. The van der Waals surface area contributed by atoms with Crippen LogP contribution >= 0.6 is 27.5 Å². The zero-order valence-electron chi connectivity index (χ0n) is 7.47. The van der Waals surface area contributed by atoms with Crippen molar-refractivity contribution in [2.45, 2.75) is 19.2 Å². The van der Waals surface area contributed by atoms with Gasteiger partial charge >= 0.3 is 0 Å². The molecule has 0 saturated heterocycles. The molecule has 0 fully saturated rings. The van der Waals surface area contributed by atoms with Crippen molar-refractivity contribution >= 4 is 33.3 Å². The molecule has 0 aromatic heterocycles. The zero-order valence-corrected chi connectivity index (χ0v) is 9.82. The molecular weight excluding hydrogens is 251 g/mol. The molecule has 0 aliphatic rings. The van der Waals surface area contributed by atoms with Crippen molar-refractivity contribution in [3.05, 3.63) is 33.8 Å². The summed E-state index contributed by atoms with van der Waals surface area (Å²) < 4.78 is 0.883. The summed E-state index contributed by atoms with van der Waals surface area (Å²) in [6, 6.07) is 5.80. The molecule has 1 rings (SSSR count). The second-order valence-corrected chi connectivity index (χ2v) is 4.29. The number of halogens is 2. The van der Waals surface area contributed by atoms with E-state index in [2.05, 4.69) is 15.9 Å². The lowest BCUT2D eigenvalue weighted by Gasteiger charge is -2.09. The third-order valence-electron chi connectivity index (χ3n) is 1.78. The number of ketones is 1. The van der Waals surface area contributed by atoms with E-state index in [0.717, 1.165) is 15.6 Å². The summed E-state index contributed by atoms with van der Waals surface area (Å²) in [5, 5.41) is -0.547. The van der Waals surface area contributed by atoms with Crippen LogP contribution < -0.4 is 0 Å². The van der Waals surface area contributed by atoms with Gasteiger partial charge in [-0.25, -0.2) is 0 Å². The quantitative estimate of drug-likeness (QED) is 0.743. The van der Waals surface area contributed by atoms with Crippen LogP contribution in [0.3, 0.4) is 0 Å². The Morgan fingerprint density at radius 1 is 1.54 bits per heavy atom. The van der Waals surface area contributed by atoms with Crippen LogP contribution in [-0.4, -0.2) is 5.78 Å². The number of carbonyl (C=O) groups excluding carboxylic acids is 1. The number of carbonyl (C=O) groups is 1. The fraction of sp³-hybridized carbons (Fsp3) is 0.300. The molecular formula is C10H10BrClO. The van der Waals surface area contributed by atoms with Crippen LogP contribution in [0.4, 0.5) is 0 Å². The van der Waals surface area contributed by atoms with E-state index in [0.29, 0.717) is 0 Å². The Morgan fingerprint density at radius 2 is 2.15 bits per heavy atom. The Bertz CT molecular complexity index is 336. The van der Waals surface area contributed by atoms with E-state index in [4.69, 9.17) is 11.6 Å². The van der Waals surface area contributed by atoms with Crippen LogP contribution in [0.2, 0.25) is 0 Å². The van der Waals surface area contributed by atoms with Crippen LogP contribution in [-0.2, 0) is 4.79 Å². The van der Waals surface area contributed by atoms with Gasteiger partial charge in [0.2, 0.25) is 0 Å². The minimum absolute atomic E-state index is 0.0343. The summed E-state index contributed by atoms with van der Waals surface area (Å²) >= 11 is 9.30. The van der Waals surface area contributed by atoms with Crippen molar-refractivity contribution in [2.75, 3.05) is 0 Å². The number of benzene rings is 1. The van der Waals surface area contributed by atoms with Crippen LogP contribution in [0.15, 0.2) is 22.7 Å². The molecule has 1 aromatic rings. The molecule has 70 valence electrons. The van der Waals surface area contributed by atoms with Gasteiger partial charge in [0.25, 0.3) is 0 Å². The topological polar surface area (TPSA) is 17.1 Å². The number of Topliss-reactive ketones (excluding diaryl/α,β-unsaturated/α-hetero) is 1. The maximum absolute atomic E-state index is 11.1. The van der Waals surface area contributed by atoms with E-state index in [-0.39, 0.29) is 5.78 Å². The first-order valence-corrected chi connectivity index (χ1v) is 5.16. The summed E-state index contributed by atoms with van der Waals surface area (Å²) in [6.45, 7) is 3.46. The first-order valence-electron chi connectivity index (χ1n) is 3.93. The highest BCUT2D eigenvalue weighted by Gasteiger charge is 2.15. The number of rotatable bonds is 2. The molecule has 1 atom stereocenters. The SMILES string of the molecule is CC(=O)C(Cl)c1cc(C)ccc1Br. The molecule has 3 heteroatoms. The average molecular weight is 262 g/mol. The van der Waals surface area contributed by atoms with E-state index in [1.165, 1.54) is 6.92 Å². The molecule has 1 unspecified atom stereocenters. The molecule has 13 heavy (non-hydrogen) atoms. The van der Waals surface area contributed by atoms with E-state index in [1.54, 1.807) is 0 Å². The van der Waals surface area contributed by atoms with Gasteiger partial charge in [0.05, 0.1) is 0 Å². The number of alkyl halides is 1. The number of hydrogen-bond donors (Lipinski definition) is 0. The van der Waals surface area contributed by atoms with Gasteiger partial charge in [0, 0.05) is 4.47 Å². The predicted molar refractivity (Wildman–Crippen MR) is 58.2 cm³/mol. The first kappa shape index (κ1) is 10.7. The lowest BCUT2D eigenvalue weighted by atomic mass is 10.1. The van der Waals surface area contributed by atoms with Crippen molar-refractivity contribution in [3.8, 4) is 0 Å². The third kappa shape index (κ3) is 2.55. The summed E-state index contributed by atoms with van der Waals surface area (Å²) in [4.78, 5) is 11.1. The summed E-state index contributed by atoms with van der Waals surface area (Å²) in [7, 11) is 0. The minimum atomic E-state index is -0.547. The van der Waals surface area contributed by atoms with Gasteiger partial charge in [-0.3, -0.25) is 4.79 Å². The number of hydrogen-bond acceptors (Lipinski definition) is 1. The van der Waals surface area contributed by atoms with Gasteiger partial charge in [-0.05, 0) is 25.5 Å². The molecule has 0 amide bonds. The van der Waals surface area contributed by atoms with Crippen LogP contribution in [0.1, 0.15) is 23.4 Å². The number of aryl methyl sites for hydroxylation is 1. The summed E-state index contributed by atoms with van der Waals surface area (Å²) in [5.74, 6) is -0.0343. The highest BCUT2D eigenvalue weighted by molar-refractivity contribution is 9.10. The van der Waals surface area contributed by atoms with E-state index >= 15 is 0 Å². The molecule has 1 aromatic carbocycles. The Labute approximate surface area is 91.2 Å². The molecule has 0 heterocycles. The summed E-state index contributed by atoms with van der Waals surface area (Å²) in [6.07, 6.45) is 0. The van der Waals surface area contributed by atoms with Crippen LogP contribution in [0.5, 0.6) is 0 Å². The molecule has 0 radical (unpaired) electrons. The Balaban J connectivity index is 3.12. The molecule has 0 bridgehead atoms. The van der Waals surface area contributed by atoms with Crippen molar-refractivity contribution in [1.29, 1.82) is 0 Å². The average Bonchev–Trinajstić information content (AvgIpc) is 2.08. The summed E-state index contributed by atoms with van der Waals surface area (Å²) in [5.41, 5.74) is 1.94. The molecule has 0 spiro atoms. The maximum Gasteiger partial charge on any atom is 0.152 e. The van der Waals surface area contributed by atoms with Crippen molar-refractivity contribution in [3.63, 3.8) is 0 Å². The van der Waals surface area contributed by atoms with Crippen LogP contribution in [0, 0.1) is 6.92 Å². The van der Waals surface area contributed by atoms with Crippen molar-refractivity contribution < 1.29 is 4.79 Å². The lowest BCUT2D eigenvalue weighted by Crippen LogP contribution is -2.02. The normalized spacial score (nSPS) is 12.6. The smallest absolute Gasteiger partial charge is 0.152 e. The van der Waals surface area contributed by atoms with E-state index in [1.807, 2.05) is 25.1 Å². The second-order valence-electron chi connectivity index (χ2n) is 3.00. The van der Waals surface area contributed by atoms with Crippen molar-refractivity contribution in [2.24, 2.45) is 0 Å². The standard InChI is InChI=1S/C10H10BrClO/c1-6-3-4-9(11)8(5-6)10(12)7(2)13/h3-5,10H,1-2H3. The van der Waals surface area contributed by atoms with Crippen molar-refractivity contribution in [1.82, 2.24) is 0 Å². The Hall–Kier alpha value is -0.340. The lowest BCUT2D eigenvalue weighted by molar-refractivity contribution is -0.116. The Kier molecular flexibility index (Phi) is 3.51.